The summed E-state index contributed by atoms with van der Waals surface area (Å²) in [4.78, 5) is 34.5. The third kappa shape index (κ3) is 3.77. The molecule has 7 heteroatoms. The van der Waals surface area contributed by atoms with Crippen LogP contribution in [0.1, 0.15) is 18.4 Å². The van der Waals surface area contributed by atoms with Crippen molar-refractivity contribution in [3.8, 4) is 0 Å². The predicted molar refractivity (Wildman–Crippen MR) is 72.4 cm³/mol. The van der Waals surface area contributed by atoms with Gasteiger partial charge in [-0.05, 0) is 18.1 Å². The van der Waals surface area contributed by atoms with Crippen LogP contribution in [0.3, 0.4) is 0 Å². The van der Waals surface area contributed by atoms with Crippen molar-refractivity contribution in [2.45, 2.75) is 31.3 Å². The van der Waals surface area contributed by atoms with Crippen molar-refractivity contribution in [1.29, 1.82) is 0 Å². The summed E-state index contributed by atoms with van der Waals surface area (Å²) in [6.45, 7) is 0. The van der Waals surface area contributed by atoms with Crippen molar-refractivity contribution in [2.75, 3.05) is 0 Å². The standard InChI is InChI=1S/C14H16FN3O3/c15-9-4-2-1-3-8(9)7-11(13(16)20)18-14(21)10-5-6-12(19)17-10/h1-4,10-11H,5-7H2,(H2,16,20)(H,17,19)(H,18,21)/t10-,11-/m1/s1. The number of hydrogen-bond acceptors (Lipinski definition) is 3. The summed E-state index contributed by atoms with van der Waals surface area (Å²) in [7, 11) is 0. The van der Waals surface area contributed by atoms with Crippen LogP contribution in [0.5, 0.6) is 0 Å². The lowest BCUT2D eigenvalue weighted by Crippen LogP contribution is -2.51. The molecule has 6 nitrogen and oxygen atoms in total. The van der Waals surface area contributed by atoms with Gasteiger partial charge in [0, 0.05) is 12.8 Å². The molecule has 2 rings (SSSR count). The van der Waals surface area contributed by atoms with Crippen LogP contribution in [0, 0.1) is 5.82 Å². The minimum absolute atomic E-state index is 0.0333. The topological polar surface area (TPSA) is 101 Å². The average molecular weight is 293 g/mol. The van der Waals surface area contributed by atoms with E-state index < -0.39 is 29.7 Å². The fourth-order valence-corrected chi connectivity index (χ4v) is 2.19. The van der Waals surface area contributed by atoms with E-state index in [0.29, 0.717) is 6.42 Å². The van der Waals surface area contributed by atoms with Gasteiger partial charge in [-0.15, -0.1) is 0 Å². The van der Waals surface area contributed by atoms with Crippen molar-refractivity contribution in [3.63, 3.8) is 0 Å². The molecule has 0 unspecified atom stereocenters. The molecular weight excluding hydrogens is 277 g/mol. The normalized spacial score (nSPS) is 18.9. The zero-order valence-electron chi connectivity index (χ0n) is 11.3. The van der Waals surface area contributed by atoms with Crippen molar-refractivity contribution in [2.24, 2.45) is 5.73 Å². The van der Waals surface area contributed by atoms with E-state index in [-0.39, 0.29) is 24.3 Å². The number of hydrogen-bond donors (Lipinski definition) is 3. The Hall–Kier alpha value is -2.44. The van der Waals surface area contributed by atoms with Gasteiger partial charge in [-0.1, -0.05) is 18.2 Å². The van der Waals surface area contributed by atoms with Crippen molar-refractivity contribution < 1.29 is 18.8 Å². The lowest BCUT2D eigenvalue weighted by atomic mass is 10.0. The molecule has 112 valence electrons. The summed E-state index contributed by atoms with van der Waals surface area (Å²) in [5.74, 6) is -1.91. The summed E-state index contributed by atoms with van der Waals surface area (Å²) in [6, 6.07) is 4.27. The Bertz CT molecular complexity index is 576. The molecule has 2 atom stereocenters. The lowest BCUT2D eigenvalue weighted by molar-refractivity contribution is -0.129. The highest BCUT2D eigenvalue weighted by Crippen LogP contribution is 2.11. The molecular formula is C14H16FN3O3. The van der Waals surface area contributed by atoms with Gasteiger partial charge in [0.2, 0.25) is 17.7 Å². The van der Waals surface area contributed by atoms with Crippen molar-refractivity contribution >= 4 is 17.7 Å². The van der Waals surface area contributed by atoms with Crippen LogP contribution in [0.15, 0.2) is 24.3 Å². The van der Waals surface area contributed by atoms with E-state index in [1.807, 2.05) is 0 Å². The van der Waals surface area contributed by atoms with E-state index in [4.69, 9.17) is 5.73 Å². The molecule has 1 heterocycles. The monoisotopic (exact) mass is 293 g/mol. The molecule has 21 heavy (non-hydrogen) atoms. The summed E-state index contributed by atoms with van der Waals surface area (Å²) in [6.07, 6.45) is 0.608. The zero-order chi connectivity index (χ0) is 15.4. The summed E-state index contributed by atoms with van der Waals surface area (Å²) < 4.78 is 13.6. The molecule has 0 bridgehead atoms. The molecule has 0 aliphatic carbocycles. The maximum Gasteiger partial charge on any atom is 0.243 e. The molecule has 4 N–H and O–H groups in total. The van der Waals surface area contributed by atoms with Crippen LogP contribution >= 0.6 is 0 Å². The largest absolute Gasteiger partial charge is 0.368 e. The highest BCUT2D eigenvalue weighted by molar-refractivity contribution is 5.93. The molecule has 0 aromatic heterocycles. The van der Waals surface area contributed by atoms with E-state index in [1.54, 1.807) is 6.07 Å². The van der Waals surface area contributed by atoms with Crippen LogP contribution in [-0.2, 0) is 20.8 Å². The van der Waals surface area contributed by atoms with Crippen LogP contribution in [0.2, 0.25) is 0 Å². The molecule has 0 saturated carbocycles. The van der Waals surface area contributed by atoms with Gasteiger partial charge in [0.15, 0.2) is 0 Å². The summed E-state index contributed by atoms with van der Waals surface area (Å²) in [5, 5.41) is 4.96. The molecule has 1 fully saturated rings. The fraction of sp³-hybridized carbons (Fsp3) is 0.357. The van der Waals surface area contributed by atoms with Gasteiger partial charge in [-0.3, -0.25) is 14.4 Å². The molecule has 1 saturated heterocycles. The number of halogens is 1. The van der Waals surface area contributed by atoms with Crippen LogP contribution in [-0.4, -0.2) is 29.8 Å². The number of benzene rings is 1. The zero-order valence-corrected chi connectivity index (χ0v) is 11.3. The van der Waals surface area contributed by atoms with Gasteiger partial charge in [0.1, 0.15) is 17.9 Å². The van der Waals surface area contributed by atoms with Gasteiger partial charge in [-0.2, -0.15) is 0 Å². The number of carbonyl (C=O) groups is 3. The highest BCUT2D eigenvalue weighted by Gasteiger charge is 2.30. The van der Waals surface area contributed by atoms with Gasteiger partial charge in [0.05, 0.1) is 0 Å². The minimum Gasteiger partial charge on any atom is -0.368 e. The average Bonchev–Trinajstić information content (AvgIpc) is 2.87. The van der Waals surface area contributed by atoms with E-state index in [9.17, 15) is 18.8 Å². The van der Waals surface area contributed by atoms with Crippen LogP contribution in [0.25, 0.3) is 0 Å². The molecule has 0 spiro atoms. The SMILES string of the molecule is NC(=O)[C@@H](Cc1ccccc1F)NC(=O)[C@H]1CCC(=O)N1. The van der Waals surface area contributed by atoms with Crippen molar-refractivity contribution in [3.05, 3.63) is 35.6 Å². The molecule has 1 aliphatic rings. The predicted octanol–water partition coefficient (Wildman–Crippen LogP) is -0.383. The summed E-state index contributed by atoms with van der Waals surface area (Å²) in [5.41, 5.74) is 5.53. The maximum atomic E-state index is 13.6. The van der Waals surface area contributed by atoms with Gasteiger partial charge >= 0.3 is 0 Å². The van der Waals surface area contributed by atoms with E-state index in [2.05, 4.69) is 10.6 Å². The highest BCUT2D eigenvalue weighted by atomic mass is 19.1. The first-order chi connectivity index (χ1) is 9.97. The Morgan fingerprint density at radius 1 is 1.43 bits per heavy atom. The first-order valence-corrected chi connectivity index (χ1v) is 6.60. The van der Waals surface area contributed by atoms with Crippen LogP contribution in [0.4, 0.5) is 4.39 Å². The number of nitrogens with two attached hydrogens (primary N) is 1. The van der Waals surface area contributed by atoms with Gasteiger partial charge < -0.3 is 16.4 Å². The molecule has 3 amide bonds. The van der Waals surface area contributed by atoms with Gasteiger partial charge in [0.25, 0.3) is 0 Å². The third-order valence-electron chi connectivity index (χ3n) is 3.35. The molecule has 1 aromatic carbocycles. The third-order valence-corrected chi connectivity index (χ3v) is 3.35. The Morgan fingerprint density at radius 3 is 2.71 bits per heavy atom. The minimum atomic E-state index is -1.02. The quantitative estimate of drug-likeness (QED) is 0.689. The second-order valence-corrected chi connectivity index (χ2v) is 4.92. The van der Waals surface area contributed by atoms with Crippen molar-refractivity contribution in [1.82, 2.24) is 10.6 Å². The van der Waals surface area contributed by atoms with Gasteiger partial charge in [-0.25, -0.2) is 4.39 Å². The van der Waals surface area contributed by atoms with E-state index in [0.717, 1.165) is 0 Å². The Morgan fingerprint density at radius 2 is 2.14 bits per heavy atom. The lowest BCUT2D eigenvalue weighted by Gasteiger charge is -2.18. The molecule has 1 aliphatic heterocycles. The first-order valence-electron chi connectivity index (χ1n) is 6.60. The van der Waals surface area contributed by atoms with E-state index in [1.165, 1.54) is 18.2 Å². The second kappa shape index (κ2) is 6.34. The Kier molecular flexibility index (Phi) is 4.52. The first kappa shape index (κ1) is 15.0. The second-order valence-electron chi connectivity index (χ2n) is 4.92. The smallest absolute Gasteiger partial charge is 0.243 e. The maximum absolute atomic E-state index is 13.6. The fourth-order valence-electron chi connectivity index (χ4n) is 2.19. The number of amides is 3. The number of nitrogens with one attached hydrogen (secondary N) is 2. The summed E-state index contributed by atoms with van der Waals surface area (Å²) >= 11 is 0. The number of primary amides is 1. The molecule has 0 radical (unpaired) electrons. The van der Waals surface area contributed by atoms with Crippen LogP contribution < -0.4 is 16.4 Å². The Labute approximate surface area is 120 Å². The number of rotatable bonds is 5. The number of carbonyl (C=O) groups excluding carboxylic acids is 3. The molecule has 1 aromatic rings. The van der Waals surface area contributed by atoms with E-state index >= 15 is 0 Å². The Balaban J connectivity index is 2.03.